The number of nitrogens with one attached hydrogen (secondary N) is 2. The third kappa shape index (κ3) is 6.60. The summed E-state index contributed by atoms with van der Waals surface area (Å²) in [5, 5.41) is 4.13. The monoisotopic (exact) mass is 322 g/mol. The third-order valence-corrected chi connectivity index (χ3v) is 2.70. The summed E-state index contributed by atoms with van der Waals surface area (Å²) in [7, 11) is 1.35. The maximum Gasteiger partial charge on any atom is 0.344 e. The normalized spacial score (nSPS) is 9.65. The van der Waals surface area contributed by atoms with Gasteiger partial charge in [-0.3, -0.25) is 14.9 Å². The molecule has 0 aliphatic rings. The van der Waals surface area contributed by atoms with Crippen LogP contribution in [-0.2, 0) is 14.3 Å². The van der Waals surface area contributed by atoms with Crippen LogP contribution >= 0.6 is 0 Å². The van der Waals surface area contributed by atoms with Gasteiger partial charge in [0.05, 0.1) is 0 Å². The largest absolute Gasteiger partial charge is 0.482 e. The molecular weight excluding hydrogens is 304 g/mol. The summed E-state index contributed by atoms with van der Waals surface area (Å²) in [6.45, 7) is 0.789. The predicted octanol–water partition coefficient (Wildman–Crippen LogP) is 0.657. The molecule has 0 aliphatic carbocycles. The summed E-state index contributed by atoms with van der Waals surface area (Å²) in [5.41, 5.74) is 0.563. The van der Waals surface area contributed by atoms with E-state index in [-0.39, 0.29) is 5.78 Å². The number of hydrogen-bond donors (Lipinski definition) is 2. The van der Waals surface area contributed by atoms with Crippen LogP contribution in [0.4, 0.5) is 4.79 Å². The van der Waals surface area contributed by atoms with Gasteiger partial charge in [-0.25, -0.2) is 9.59 Å². The second-order valence-electron chi connectivity index (χ2n) is 4.38. The van der Waals surface area contributed by atoms with Crippen molar-refractivity contribution >= 4 is 23.7 Å². The maximum atomic E-state index is 11.5. The SMILES string of the molecule is CCC(=O)c1ccc(OCC(=O)OCC(=O)NC(=O)NC)cc1. The number of imide groups is 1. The number of amides is 3. The fraction of sp³-hybridized carbons (Fsp3) is 0.333. The minimum atomic E-state index is -0.759. The third-order valence-electron chi connectivity index (χ3n) is 2.70. The van der Waals surface area contributed by atoms with Crippen LogP contribution < -0.4 is 15.4 Å². The highest BCUT2D eigenvalue weighted by atomic mass is 16.6. The van der Waals surface area contributed by atoms with Crippen molar-refractivity contribution in [2.75, 3.05) is 20.3 Å². The molecule has 124 valence electrons. The molecule has 0 atom stereocenters. The van der Waals surface area contributed by atoms with Crippen molar-refractivity contribution in [2.45, 2.75) is 13.3 Å². The number of hydrogen-bond acceptors (Lipinski definition) is 6. The molecule has 0 saturated carbocycles. The van der Waals surface area contributed by atoms with E-state index < -0.39 is 31.1 Å². The van der Waals surface area contributed by atoms with Gasteiger partial charge >= 0.3 is 12.0 Å². The Labute approximate surface area is 133 Å². The van der Waals surface area contributed by atoms with Gasteiger partial charge < -0.3 is 14.8 Å². The molecule has 8 nitrogen and oxygen atoms in total. The summed E-state index contributed by atoms with van der Waals surface area (Å²) in [6, 6.07) is 5.64. The first kappa shape index (κ1) is 18.1. The van der Waals surface area contributed by atoms with E-state index in [2.05, 4.69) is 10.1 Å². The Morgan fingerprint density at radius 2 is 1.70 bits per heavy atom. The number of rotatable bonds is 7. The highest BCUT2D eigenvalue weighted by Crippen LogP contribution is 2.13. The molecule has 0 bridgehead atoms. The van der Waals surface area contributed by atoms with Gasteiger partial charge in [0.15, 0.2) is 19.0 Å². The van der Waals surface area contributed by atoms with Gasteiger partial charge in [0.1, 0.15) is 5.75 Å². The number of Topliss-reactive ketones (excluding diaryl/α,β-unsaturated/α-hetero) is 1. The first-order valence-corrected chi connectivity index (χ1v) is 6.89. The molecular formula is C15H18N2O6. The molecule has 0 heterocycles. The number of urea groups is 1. The molecule has 23 heavy (non-hydrogen) atoms. The Balaban J connectivity index is 2.34. The minimum absolute atomic E-state index is 0.0121. The molecule has 0 spiro atoms. The summed E-state index contributed by atoms with van der Waals surface area (Å²) >= 11 is 0. The second-order valence-corrected chi connectivity index (χ2v) is 4.38. The molecule has 8 heteroatoms. The number of carbonyl (C=O) groups is 4. The van der Waals surface area contributed by atoms with E-state index in [1.165, 1.54) is 7.05 Å². The Hall–Kier alpha value is -2.90. The van der Waals surface area contributed by atoms with Gasteiger partial charge in [-0.2, -0.15) is 0 Å². The smallest absolute Gasteiger partial charge is 0.344 e. The molecule has 0 aromatic heterocycles. The van der Waals surface area contributed by atoms with E-state index in [4.69, 9.17) is 4.74 Å². The molecule has 1 aromatic rings. The van der Waals surface area contributed by atoms with Crippen LogP contribution in [0.2, 0.25) is 0 Å². The lowest BCUT2D eigenvalue weighted by molar-refractivity contribution is -0.150. The van der Waals surface area contributed by atoms with Crippen molar-refractivity contribution in [1.29, 1.82) is 0 Å². The molecule has 3 amide bonds. The molecule has 0 radical (unpaired) electrons. The topological polar surface area (TPSA) is 111 Å². The number of ether oxygens (including phenoxy) is 2. The van der Waals surface area contributed by atoms with Crippen molar-refractivity contribution in [3.63, 3.8) is 0 Å². The van der Waals surface area contributed by atoms with E-state index in [0.717, 1.165) is 0 Å². The molecule has 0 aliphatic heterocycles. The van der Waals surface area contributed by atoms with E-state index in [9.17, 15) is 19.2 Å². The van der Waals surface area contributed by atoms with E-state index in [1.807, 2.05) is 5.32 Å². The number of esters is 1. The van der Waals surface area contributed by atoms with Gasteiger partial charge in [-0.1, -0.05) is 6.92 Å². The quantitative estimate of drug-likeness (QED) is 0.563. The fourth-order valence-electron chi connectivity index (χ4n) is 1.50. The standard InChI is InChI=1S/C15H18N2O6/c1-3-12(18)10-4-6-11(7-5-10)22-9-14(20)23-8-13(19)17-15(21)16-2/h4-7H,3,8-9H2,1-2H3,(H2,16,17,19,21). The second kappa shape index (κ2) is 9.19. The Bertz CT molecular complexity index is 582. The van der Waals surface area contributed by atoms with Crippen molar-refractivity contribution < 1.29 is 28.7 Å². The zero-order chi connectivity index (χ0) is 17.2. The van der Waals surface area contributed by atoms with Crippen molar-refractivity contribution in [3.05, 3.63) is 29.8 Å². The summed E-state index contributed by atoms with van der Waals surface area (Å²) in [6.07, 6.45) is 0.407. The van der Waals surface area contributed by atoms with Gasteiger partial charge in [0.2, 0.25) is 0 Å². The summed E-state index contributed by atoms with van der Waals surface area (Å²) < 4.78 is 9.81. The zero-order valence-corrected chi connectivity index (χ0v) is 12.9. The summed E-state index contributed by atoms with van der Waals surface area (Å²) in [5.74, 6) is -1.10. The van der Waals surface area contributed by atoms with E-state index in [1.54, 1.807) is 31.2 Å². The van der Waals surface area contributed by atoms with Crippen LogP contribution in [0.3, 0.4) is 0 Å². The van der Waals surface area contributed by atoms with E-state index in [0.29, 0.717) is 17.7 Å². The van der Waals surface area contributed by atoms with Gasteiger partial charge in [0, 0.05) is 19.0 Å². The zero-order valence-electron chi connectivity index (χ0n) is 12.9. The fourth-order valence-corrected chi connectivity index (χ4v) is 1.50. The van der Waals surface area contributed by atoms with Crippen LogP contribution in [0.5, 0.6) is 5.75 Å². The Morgan fingerprint density at radius 3 is 2.26 bits per heavy atom. The lowest BCUT2D eigenvalue weighted by Crippen LogP contribution is -2.40. The average Bonchev–Trinajstić information content (AvgIpc) is 2.57. The predicted molar refractivity (Wildman–Crippen MR) is 80.1 cm³/mol. The molecule has 2 N–H and O–H groups in total. The molecule has 1 rings (SSSR count). The Kier molecular flexibility index (Phi) is 7.25. The first-order valence-electron chi connectivity index (χ1n) is 6.89. The molecule has 0 fully saturated rings. The minimum Gasteiger partial charge on any atom is -0.482 e. The maximum absolute atomic E-state index is 11.5. The molecule has 0 saturated heterocycles. The lowest BCUT2D eigenvalue weighted by Gasteiger charge is -2.07. The van der Waals surface area contributed by atoms with Crippen LogP contribution in [0.15, 0.2) is 24.3 Å². The number of benzene rings is 1. The summed E-state index contributed by atoms with van der Waals surface area (Å²) in [4.78, 5) is 44.9. The molecule has 1 aromatic carbocycles. The van der Waals surface area contributed by atoms with Gasteiger partial charge in [0.25, 0.3) is 5.91 Å². The van der Waals surface area contributed by atoms with Gasteiger partial charge in [-0.05, 0) is 24.3 Å². The van der Waals surface area contributed by atoms with Crippen molar-refractivity contribution in [2.24, 2.45) is 0 Å². The number of ketones is 1. The number of carbonyl (C=O) groups excluding carboxylic acids is 4. The van der Waals surface area contributed by atoms with Crippen LogP contribution in [0.25, 0.3) is 0 Å². The van der Waals surface area contributed by atoms with Crippen LogP contribution in [0, 0.1) is 0 Å². The average molecular weight is 322 g/mol. The first-order chi connectivity index (χ1) is 11.0. The lowest BCUT2D eigenvalue weighted by atomic mass is 10.1. The highest BCUT2D eigenvalue weighted by molar-refractivity contribution is 5.96. The highest BCUT2D eigenvalue weighted by Gasteiger charge is 2.10. The van der Waals surface area contributed by atoms with Gasteiger partial charge in [-0.15, -0.1) is 0 Å². The molecule has 0 unspecified atom stereocenters. The van der Waals surface area contributed by atoms with Crippen molar-refractivity contribution in [1.82, 2.24) is 10.6 Å². The Morgan fingerprint density at radius 1 is 1.04 bits per heavy atom. The van der Waals surface area contributed by atoms with Crippen LogP contribution in [-0.4, -0.2) is 44.0 Å². The van der Waals surface area contributed by atoms with Crippen LogP contribution in [0.1, 0.15) is 23.7 Å². The van der Waals surface area contributed by atoms with E-state index >= 15 is 0 Å². The van der Waals surface area contributed by atoms with Crippen molar-refractivity contribution in [3.8, 4) is 5.75 Å².